The van der Waals surface area contributed by atoms with Crippen LogP contribution in [0.2, 0.25) is 0 Å². The third-order valence-electron chi connectivity index (χ3n) is 7.09. The van der Waals surface area contributed by atoms with E-state index in [1.807, 2.05) is 0 Å². The largest absolute Gasteiger partial charge is 0.444 e. The van der Waals surface area contributed by atoms with Crippen molar-refractivity contribution < 1.29 is 18.7 Å². The minimum atomic E-state index is -0.713. The van der Waals surface area contributed by atoms with Crippen molar-refractivity contribution in [3.8, 4) is 17.2 Å². The van der Waals surface area contributed by atoms with Crippen LogP contribution in [0.15, 0.2) is 41.3 Å². The quantitative estimate of drug-likeness (QED) is 0.586. The second kappa shape index (κ2) is 9.88. The summed E-state index contributed by atoms with van der Waals surface area (Å²) in [6, 6.07) is 9.36. The average Bonchev–Trinajstić information content (AvgIpc) is 3.42. The number of carbonyl (C=O) groups is 2. The number of rotatable bonds is 6. The van der Waals surface area contributed by atoms with Crippen molar-refractivity contribution in [3.05, 3.63) is 58.3 Å². The van der Waals surface area contributed by atoms with Crippen LogP contribution in [0.4, 0.5) is 9.18 Å². The molecule has 2 heterocycles. The average molecular weight is 494 g/mol. The number of aromatic nitrogens is 1. The number of likely N-dealkylation sites (tertiary alicyclic amines) is 1. The number of carbonyl (C=O) groups excluding carboxylic acids is 2. The van der Waals surface area contributed by atoms with Gasteiger partial charge < -0.3 is 9.30 Å². The van der Waals surface area contributed by atoms with E-state index in [0.29, 0.717) is 16.7 Å². The molecule has 0 unspecified atom stereocenters. The smallest absolute Gasteiger partial charge is 0.411 e. The molecule has 0 spiro atoms. The number of amides is 1. The number of pyridine rings is 1. The fraction of sp³-hybridized carbons (Fsp3) is 0.500. The molecule has 2 fully saturated rings. The predicted octanol–water partition coefficient (Wildman–Crippen LogP) is 4.62. The van der Waals surface area contributed by atoms with Crippen molar-refractivity contribution in [3.63, 3.8) is 0 Å². The number of nitriles is 1. The fourth-order valence-corrected chi connectivity index (χ4v) is 5.43. The van der Waals surface area contributed by atoms with Crippen LogP contribution >= 0.6 is 0 Å². The third kappa shape index (κ3) is 5.35. The molecule has 0 radical (unpaired) electrons. The Balaban J connectivity index is 1.47. The first-order valence-corrected chi connectivity index (χ1v) is 12.4. The highest BCUT2D eigenvalue weighted by molar-refractivity contribution is 5.89. The molecule has 1 aliphatic carbocycles. The first-order valence-electron chi connectivity index (χ1n) is 12.4. The zero-order valence-corrected chi connectivity index (χ0v) is 21.2. The summed E-state index contributed by atoms with van der Waals surface area (Å²) < 4.78 is 22.0. The van der Waals surface area contributed by atoms with Crippen LogP contribution < -0.4 is 5.56 Å². The Kier molecular flexibility index (Phi) is 7.03. The van der Waals surface area contributed by atoms with E-state index >= 15 is 0 Å². The van der Waals surface area contributed by atoms with Crippen molar-refractivity contribution in [2.24, 2.45) is 18.9 Å². The maximum absolute atomic E-state index is 15.0. The highest BCUT2D eigenvalue weighted by atomic mass is 19.1. The van der Waals surface area contributed by atoms with Gasteiger partial charge in [-0.25, -0.2) is 9.18 Å². The lowest BCUT2D eigenvalue weighted by Gasteiger charge is -2.35. The van der Waals surface area contributed by atoms with E-state index < -0.39 is 29.5 Å². The number of hydrogen-bond donors (Lipinski definition) is 0. The van der Waals surface area contributed by atoms with Crippen LogP contribution in [0.1, 0.15) is 52.0 Å². The van der Waals surface area contributed by atoms with E-state index in [9.17, 15) is 24.0 Å². The fourth-order valence-electron chi connectivity index (χ4n) is 5.43. The lowest BCUT2D eigenvalue weighted by molar-refractivity contribution is -0.126. The molecule has 2 bridgehead atoms. The minimum absolute atomic E-state index is 0.0122. The molecule has 1 aromatic carbocycles. The Labute approximate surface area is 210 Å². The molecule has 2 aromatic rings. The van der Waals surface area contributed by atoms with Crippen molar-refractivity contribution in [2.75, 3.05) is 0 Å². The first kappa shape index (κ1) is 25.6. The summed E-state index contributed by atoms with van der Waals surface area (Å²) in [5.41, 5.74) is 0.845. The standard InChI is InChI=1S/C28H32FN3O4/c1-28(2,3)36-27(35)32-22-9-7-20(13-22)26(32)24(33)12-17(15-30)11-19-6-5-18(14-23(19)29)21-8-10-25(34)31(4)16-21/h5-6,8,10,14,16-17,20,22,26H,7,9,11-13H2,1-4H3/t17-,20+,22-,26+/m1/s1. The molecule has 0 N–H and O–H groups in total. The lowest BCUT2D eigenvalue weighted by atomic mass is 9.87. The van der Waals surface area contributed by atoms with Crippen molar-refractivity contribution >= 4 is 11.9 Å². The Hall–Kier alpha value is -3.47. The molecule has 1 saturated heterocycles. The molecule has 4 atom stereocenters. The van der Waals surface area contributed by atoms with Crippen molar-refractivity contribution in [2.45, 2.75) is 70.6 Å². The second-order valence-electron chi connectivity index (χ2n) is 10.9. The van der Waals surface area contributed by atoms with Gasteiger partial charge in [-0.2, -0.15) is 5.26 Å². The number of piperidine rings is 1. The van der Waals surface area contributed by atoms with Crippen LogP contribution in [-0.2, 0) is 23.0 Å². The summed E-state index contributed by atoms with van der Waals surface area (Å²) in [4.78, 5) is 39.4. The molecular weight excluding hydrogens is 461 g/mol. The van der Waals surface area contributed by atoms with Crippen LogP contribution in [-0.4, -0.2) is 39.0 Å². The van der Waals surface area contributed by atoms with E-state index in [2.05, 4.69) is 6.07 Å². The lowest BCUT2D eigenvalue weighted by Crippen LogP contribution is -2.51. The van der Waals surface area contributed by atoms with Gasteiger partial charge in [0.15, 0.2) is 5.78 Å². The van der Waals surface area contributed by atoms with Crippen molar-refractivity contribution in [1.82, 2.24) is 9.47 Å². The Morgan fingerprint density at radius 1 is 1.19 bits per heavy atom. The van der Waals surface area contributed by atoms with Crippen LogP contribution in [0, 0.1) is 29.0 Å². The second-order valence-corrected chi connectivity index (χ2v) is 10.9. The molecule has 8 heteroatoms. The molecule has 1 aromatic heterocycles. The number of halogens is 1. The number of ketones is 1. The molecule has 190 valence electrons. The Morgan fingerprint density at radius 2 is 1.92 bits per heavy atom. The maximum atomic E-state index is 15.0. The number of benzene rings is 1. The van der Waals surface area contributed by atoms with Crippen LogP contribution in [0.25, 0.3) is 11.1 Å². The monoisotopic (exact) mass is 493 g/mol. The van der Waals surface area contributed by atoms with E-state index in [1.165, 1.54) is 16.7 Å². The normalized spacial score (nSPS) is 21.8. The van der Waals surface area contributed by atoms with E-state index in [4.69, 9.17) is 4.74 Å². The van der Waals surface area contributed by atoms with E-state index in [1.54, 1.807) is 57.1 Å². The zero-order valence-electron chi connectivity index (χ0n) is 21.2. The SMILES string of the molecule is Cn1cc(-c2ccc(C[C@@H](C#N)CC(=O)[C@@H]3[C@H]4CC[C@H](C4)N3C(=O)OC(C)(C)C)c(F)c2)ccc1=O. The van der Waals surface area contributed by atoms with Gasteiger partial charge in [-0.15, -0.1) is 0 Å². The summed E-state index contributed by atoms with van der Waals surface area (Å²) in [6.45, 7) is 5.38. The number of aryl methyl sites for hydroxylation is 1. The summed E-state index contributed by atoms with van der Waals surface area (Å²) in [5.74, 6) is -1.27. The maximum Gasteiger partial charge on any atom is 0.411 e. The topological polar surface area (TPSA) is 92.4 Å². The van der Waals surface area contributed by atoms with Gasteiger partial charge in [0.2, 0.25) is 5.56 Å². The van der Waals surface area contributed by atoms with Gasteiger partial charge >= 0.3 is 6.09 Å². The highest BCUT2D eigenvalue weighted by Crippen LogP contribution is 2.44. The highest BCUT2D eigenvalue weighted by Gasteiger charge is 2.52. The minimum Gasteiger partial charge on any atom is -0.444 e. The van der Waals surface area contributed by atoms with Crippen molar-refractivity contribution in [1.29, 1.82) is 5.26 Å². The molecule has 2 aliphatic rings. The van der Waals surface area contributed by atoms with Gasteiger partial charge in [0, 0.05) is 31.8 Å². The van der Waals surface area contributed by atoms with Crippen LogP contribution in [0.3, 0.4) is 0 Å². The number of hydrogen-bond acceptors (Lipinski definition) is 5. The van der Waals surface area contributed by atoms with Gasteiger partial charge in [0.25, 0.3) is 0 Å². The summed E-state index contributed by atoms with van der Waals surface area (Å²) in [6.07, 6.45) is 3.69. The first-order chi connectivity index (χ1) is 17.0. The van der Waals surface area contributed by atoms with Gasteiger partial charge in [-0.3, -0.25) is 14.5 Å². The molecule has 7 nitrogen and oxygen atoms in total. The predicted molar refractivity (Wildman–Crippen MR) is 132 cm³/mol. The molecule has 1 amide bonds. The number of nitrogens with zero attached hydrogens (tertiary/aromatic N) is 3. The van der Waals surface area contributed by atoms with Gasteiger partial charge in [-0.05, 0) is 81.2 Å². The zero-order chi connectivity index (χ0) is 26.2. The molecule has 1 saturated carbocycles. The van der Waals surface area contributed by atoms with Gasteiger partial charge in [-0.1, -0.05) is 12.1 Å². The summed E-state index contributed by atoms with van der Waals surface area (Å²) in [7, 11) is 1.63. The molecular formula is C28H32FN3O4. The van der Waals surface area contributed by atoms with Gasteiger partial charge in [0.1, 0.15) is 11.4 Å². The summed E-state index contributed by atoms with van der Waals surface area (Å²) >= 11 is 0. The van der Waals surface area contributed by atoms with E-state index in [-0.39, 0.29) is 36.1 Å². The number of ether oxygens (including phenoxy) is 1. The summed E-state index contributed by atoms with van der Waals surface area (Å²) in [5, 5.41) is 9.76. The van der Waals surface area contributed by atoms with Crippen LogP contribution in [0.5, 0.6) is 0 Å². The number of fused-ring (bicyclic) bond motifs is 2. The molecule has 36 heavy (non-hydrogen) atoms. The number of Topliss-reactive ketones (excluding diaryl/α,β-unsaturated/α-hetero) is 1. The molecule has 1 aliphatic heterocycles. The Bertz CT molecular complexity index is 1270. The molecule has 4 rings (SSSR count). The van der Waals surface area contributed by atoms with Gasteiger partial charge in [0.05, 0.1) is 18.0 Å². The third-order valence-corrected chi connectivity index (χ3v) is 7.09. The Morgan fingerprint density at radius 3 is 2.56 bits per heavy atom. The van der Waals surface area contributed by atoms with E-state index in [0.717, 1.165) is 19.3 Å².